The molecule has 1 aromatic carbocycles. The van der Waals surface area contributed by atoms with Gasteiger partial charge in [-0.05, 0) is 33.2 Å². The zero-order valence-electron chi connectivity index (χ0n) is 10.4. The number of aliphatic hydroxyl groups excluding tert-OH is 1. The Bertz CT molecular complexity index is 364. The van der Waals surface area contributed by atoms with Crippen LogP contribution in [0.25, 0.3) is 0 Å². The van der Waals surface area contributed by atoms with Gasteiger partial charge in [0.05, 0.1) is 14.2 Å². The van der Waals surface area contributed by atoms with Crippen LogP contribution in [0.3, 0.4) is 0 Å². The molecule has 1 unspecified atom stereocenters. The molecule has 0 saturated carbocycles. The number of hydrogen-bond donors (Lipinski definition) is 1. The number of hydrogen-bond acceptors (Lipinski definition) is 4. The van der Waals surface area contributed by atoms with Crippen LogP contribution in [-0.2, 0) is 0 Å². The maximum absolute atomic E-state index is 10.0. The van der Waals surface area contributed by atoms with Gasteiger partial charge in [0.1, 0.15) is 17.7 Å². The normalized spacial score (nSPS) is 12.7. The van der Waals surface area contributed by atoms with Gasteiger partial charge >= 0.3 is 0 Å². The van der Waals surface area contributed by atoms with Gasteiger partial charge in [-0.3, -0.25) is 4.90 Å². The van der Waals surface area contributed by atoms with Crippen LogP contribution in [0.1, 0.15) is 17.4 Å². The lowest BCUT2D eigenvalue weighted by molar-refractivity contribution is 0.0373. The Balaban J connectivity index is 3.25. The third kappa shape index (κ3) is 2.28. The fourth-order valence-corrected chi connectivity index (χ4v) is 1.67. The molecule has 0 aliphatic heterocycles. The average Bonchev–Trinajstić information content (AvgIpc) is 2.27. The summed E-state index contributed by atoms with van der Waals surface area (Å²) in [6, 6.07) is 3.65. The smallest absolute Gasteiger partial charge is 0.136 e. The van der Waals surface area contributed by atoms with Gasteiger partial charge < -0.3 is 14.6 Å². The lowest BCUT2D eigenvalue weighted by Crippen LogP contribution is -2.20. The van der Waals surface area contributed by atoms with E-state index in [0.29, 0.717) is 5.75 Å². The van der Waals surface area contributed by atoms with Crippen molar-refractivity contribution in [2.45, 2.75) is 13.2 Å². The molecule has 0 amide bonds. The third-order valence-corrected chi connectivity index (χ3v) is 2.58. The van der Waals surface area contributed by atoms with Crippen LogP contribution < -0.4 is 9.47 Å². The highest BCUT2D eigenvalue weighted by molar-refractivity contribution is 5.50. The number of ether oxygens (including phenoxy) is 2. The molecule has 1 rings (SSSR count). The molecule has 0 radical (unpaired) electrons. The Morgan fingerprint density at radius 1 is 1.19 bits per heavy atom. The van der Waals surface area contributed by atoms with Crippen molar-refractivity contribution in [1.29, 1.82) is 0 Å². The van der Waals surface area contributed by atoms with E-state index in [1.54, 1.807) is 19.1 Å². The summed E-state index contributed by atoms with van der Waals surface area (Å²) >= 11 is 0. The highest BCUT2D eigenvalue weighted by Crippen LogP contribution is 2.35. The van der Waals surface area contributed by atoms with E-state index in [-0.39, 0.29) is 0 Å². The topological polar surface area (TPSA) is 41.9 Å². The van der Waals surface area contributed by atoms with Crippen LogP contribution in [0, 0.1) is 6.92 Å². The Morgan fingerprint density at radius 2 is 1.81 bits per heavy atom. The average molecular weight is 225 g/mol. The van der Waals surface area contributed by atoms with Crippen molar-refractivity contribution >= 4 is 0 Å². The van der Waals surface area contributed by atoms with E-state index >= 15 is 0 Å². The number of rotatable bonds is 4. The lowest BCUT2D eigenvalue weighted by Gasteiger charge is -2.22. The van der Waals surface area contributed by atoms with Crippen molar-refractivity contribution in [3.05, 3.63) is 23.3 Å². The standard InChI is InChI=1S/C12H19NO3/c1-8-10(15-4)7-6-9(11(8)16-5)12(14)13(2)3/h6-7,12,14H,1-5H3. The molecule has 0 fully saturated rings. The fraction of sp³-hybridized carbons (Fsp3) is 0.500. The molecule has 0 saturated heterocycles. The maximum atomic E-state index is 10.0. The number of aliphatic hydroxyl groups is 1. The largest absolute Gasteiger partial charge is 0.496 e. The summed E-state index contributed by atoms with van der Waals surface area (Å²) < 4.78 is 10.5. The second kappa shape index (κ2) is 5.18. The first-order valence-corrected chi connectivity index (χ1v) is 5.08. The van der Waals surface area contributed by atoms with Gasteiger partial charge in [0.2, 0.25) is 0 Å². The van der Waals surface area contributed by atoms with Crippen LogP contribution in [-0.4, -0.2) is 38.3 Å². The molecule has 90 valence electrons. The van der Waals surface area contributed by atoms with Crippen molar-refractivity contribution in [1.82, 2.24) is 4.90 Å². The van der Waals surface area contributed by atoms with Crippen molar-refractivity contribution in [2.75, 3.05) is 28.3 Å². The first-order chi connectivity index (χ1) is 7.52. The summed E-state index contributed by atoms with van der Waals surface area (Å²) in [6.07, 6.45) is -0.681. The van der Waals surface area contributed by atoms with E-state index < -0.39 is 6.23 Å². The highest BCUT2D eigenvalue weighted by Gasteiger charge is 2.18. The summed E-state index contributed by atoms with van der Waals surface area (Å²) in [5.41, 5.74) is 1.63. The van der Waals surface area contributed by atoms with E-state index in [1.807, 2.05) is 33.2 Å². The Morgan fingerprint density at radius 3 is 2.25 bits per heavy atom. The molecule has 0 aliphatic rings. The second-order valence-corrected chi connectivity index (χ2v) is 3.85. The minimum Gasteiger partial charge on any atom is -0.496 e. The van der Waals surface area contributed by atoms with Crippen LogP contribution in [0.4, 0.5) is 0 Å². The third-order valence-electron chi connectivity index (χ3n) is 2.58. The fourth-order valence-electron chi connectivity index (χ4n) is 1.67. The Labute approximate surface area is 96.4 Å². The minimum atomic E-state index is -0.681. The Hall–Kier alpha value is -1.26. The summed E-state index contributed by atoms with van der Waals surface area (Å²) in [6.45, 7) is 1.91. The first kappa shape index (κ1) is 12.8. The zero-order chi connectivity index (χ0) is 12.3. The molecular weight excluding hydrogens is 206 g/mol. The number of benzene rings is 1. The molecule has 0 spiro atoms. The molecule has 16 heavy (non-hydrogen) atoms. The van der Waals surface area contributed by atoms with E-state index in [4.69, 9.17) is 9.47 Å². The predicted octanol–water partition coefficient (Wildman–Crippen LogP) is 1.56. The van der Waals surface area contributed by atoms with Crippen molar-refractivity contribution in [3.63, 3.8) is 0 Å². The van der Waals surface area contributed by atoms with E-state index in [1.165, 1.54) is 0 Å². The SMILES string of the molecule is COc1ccc(C(O)N(C)C)c(OC)c1C. The molecule has 1 N–H and O–H groups in total. The maximum Gasteiger partial charge on any atom is 0.136 e. The summed E-state index contributed by atoms with van der Waals surface area (Å²) in [7, 11) is 6.82. The van der Waals surface area contributed by atoms with E-state index in [9.17, 15) is 5.11 Å². The molecule has 0 bridgehead atoms. The predicted molar refractivity (Wildman–Crippen MR) is 62.9 cm³/mol. The van der Waals surface area contributed by atoms with Gasteiger partial charge in [-0.15, -0.1) is 0 Å². The van der Waals surface area contributed by atoms with Gasteiger partial charge in [-0.1, -0.05) is 0 Å². The molecule has 0 aliphatic carbocycles. The van der Waals surface area contributed by atoms with Gasteiger partial charge in [-0.2, -0.15) is 0 Å². The van der Waals surface area contributed by atoms with Crippen molar-refractivity contribution in [2.24, 2.45) is 0 Å². The minimum absolute atomic E-state index is 0.667. The van der Waals surface area contributed by atoms with E-state index in [0.717, 1.165) is 16.9 Å². The molecule has 0 aromatic heterocycles. The van der Waals surface area contributed by atoms with Crippen LogP contribution in [0.5, 0.6) is 11.5 Å². The van der Waals surface area contributed by atoms with Gasteiger partial charge in [0.25, 0.3) is 0 Å². The molecule has 4 heteroatoms. The summed E-state index contributed by atoms with van der Waals surface area (Å²) in [5, 5.41) is 10.0. The van der Waals surface area contributed by atoms with Crippen LogP contribution in [0.2, 0.25) is 0 Å². The quantitative estimate of drug-likeness (QED) is 0.790. The lowest BCUT2D eigenvalue weighted by atomic mass is 10.1. The summed E-state index contributed by atoms with van der Waals surface area (Å²) in [5.74, 6) is 1.42. The molecule has 1 aromatic rings. The van der Waals surface area contributed by atoms with Crippen molar-refractivity contribution in [3.8, 4) is 11.5 Å². The van der Waals surface area contributed by atoms with Crippen LogP contribution in [0.15, 0.2) is 12.1 Å². The first-order valence-electron chi connectivity index (χ1n) is 5.08. The van der Waals surface area contributed by atoms with Gasteiger partial charge in [0.15, 0.2) is 0 Å². The molecule has 0 heterocycles. The van der Waals surface area contributed by atoms with Crippen molar-refractivity contribution < 1.29 is 14.6 Å². The highest BCUT2D eigenvalue weighted by atomic mass is 16.5. The Kier molecular flexibility index (Phi) is 4.15. The number of methoxy groups -OCH3 is 2. The molecule has 4 nitrogen and oxygen atoms in total. The monoisotopic (exact) mass is 225 g/mol. The van der Waals surface area contributed by atoms with Gasteiger partial charge in [0, 0.05) is 11.1 Å². The molecular formula is C12H19NO3. The number of nitrogens with zero attached hydrogens (tertiary/aromatic N) is 1. The van der Waals surface area contributed by atoms with Gasteiger partial charge in [-0.25, -0.2) is 0 Å². The zero-order valence-corrected chi connectivity index (χ0v) is 10.4. The van der Waals surface area contributed by atoms with E-state index in [2.05, 4.69) is 0 Å². The summed E-state index contributed by atoms with van der Waals surface area (Å²) in [4.78, 5) is 1.71. The van der Waals surface area contributed by atoms with Crippen LogP contribution >= 0.6 is 0 Å². The second-order valence-electron chi connectivity index (χ2n) is 3.85. The molecule has 1 atom stereocenters.